The summed E-state index contributed by atoms with van der Waals surface area (Å²) < 4.78 is 0. The van der Waals surface area contributed by atoms with E-state index in [-0.39, 0.29) is 5.78 Å². The highest BCUT2D eigenvalue weighted by Gasteiger charge is 2.09. The van der Waals surface area contributed by atoms with Crippen molar-refractivity contribution < 1.29 is 4.79 Å². The number of aryl methyl sites for hydroxylation is 1. The average molecular weight is 452 g/mol. The molecule has 0 aliphatic heterocycles. The number of rotatable bonds is 14. The van der Waals surface area contributed by atoms with Gasteiger partial charge in [-0.2, -0.15) is 0 Å². The number of carbonyl (C=O) groups excluding carboxylic acids is 1. The second-order valence-corrected chi connectivity index (χ2v) is 8.32. The Kier molecular flexibility index (Phi) is 14.8. The number of ketones is 1. The second kappa shape index (κ2) is 17.1. The molecule has 0 fully saturated rings. The van der Waals surface area contributed by atoms with Crippen LogP contribution < -0.4 is 4.90 Å². The first-order valence-corrected chi connectivity index (χ1v) is 12.7. The Labute approximate surface area is 202 Å². The van der Waals surface area contributed by atoms with Crippen molar-refractivity contribution in [1.29, 1.82) is 0 Å². The van der Waals surface area contributed by atoms with Crippen LogP contribution in [0.3, 0.4) is 0 Å². The number of hydrogen-bond acceptors (Lipinski definition) is 4. The van der Waals surface area contributed by atoms with E-state index in [4.69, 9.17) is 0 Å². The Morgan fingerprint density at radius 3 is 2.00 bits per heavy atom. The van der Waals surface area contributed by atoms with E-state index in [1.807, 2.05) is 20.1 Å². The van der Waals surface area contributed by atoms with E-state index < -0.39 is 0 Å². The maximum absolute atomic E-state index is 11.6. The van der Waals surface area contributed by atoms with Gasteiger partial charge in [0.05, 0.1) is 5.69 Å². The molecule has 0 atom stereocenters. The van der Waals surface area contributed by atoms with Crippen molar-refractivity contribution in [3.05, 3.63) is 59.7 Å². The summed E-state index contributed by atoms with van der Waals surface area (Å²) in [5.41, 5.74) is 4.45. The average Bonchev–Trinajstić information content (AvgIpc) is 2.83. The molecule has 0 heterocycles. The van der Waals surface area contributed by atoms with Gasteiger partial charge in [0.2, 0.25) is 0 Å². The Balaban J connectivity index is 0.00000265. The van der Waals surface area contributed by atoms with Crippen molar-refractivity contribution in [2.24, 2.45) is 4.99 Å². The van der Waals surface area contributed by atoms with E-state index in [1.165, 1.54) is 18.4 Å². The van der Waals surface area contributed by atoms with Crippen LogP contribution in [0.2, 0.25) is 0 Å². The molecule has 4 heteroatoms. The molecule has 33 heavy (non-hydrogen) atoms. The summed E-state index contributed by atoms with van der Waals surface area (Å²) in [4.78, 5) is 21.1. The zero-order valence-corrected chi connectivity index (χ0v) is 21.8. The minimum atomic E-state index is 0.239. The van der Waals surface area contributed by atoms with Gasteiger partial charge in [-0.3, -0.25) is 9.79 Å². The number of Topliss-reactive ketones (excluding diaryl/α,β-unsaturated/α-hetero) is 1. The molecule has 2 aromatic rings. The molecule has 4 nitrogen and oxygen atoms in total. The maximum atomic E-state index is 11.6. The molecule has 0 saturated carbocycles. The van der Waals surface area contributed by atoms with Gasteiger partial charge < -0.3 is 9.80 Å². The standard InChI is InChI=1S/C27H39N3O.C2H6/c1-5-17-29(18-6-2)19-7-20-30(21-16-24(4)31)27-14-12-26(13-15-27)28-22-25-10-8-23(3)9-11-25;1-2/h8-15,22H,5-7,16-21H2,1-4H3;1-2H3. The van der Waals surface area contributed by atoms with E-state index in [1.54, 1.807) is 6.92 Å². The van der Waals surface area contributed by atoms with Crippen molar-refractivity contribution in [3.63, 3.8) is 0 Å². The number of hydrogen-bond donors (Lipinski definition) is 0. The summed E-state index contributed by atoms with van der Waals surface area (Å²) in [6.07, 6.45) is 5.97. The van der Waals surface area contributed by atoms with Crippen LogP contribution >= 0.6 is 0 Å². The molecule has 0 saturated heterocycles. The molecular weight excluding hydrogens is 406 g/mol. The summed E-state index contributed by atoms with van der Waals surface area (Å²) in [6.45, 7) is 17.4. The van der Waals surface area contributed by atoms with Crippen molar-refractivity contribution in [2.45, 2.75) is 67.2 Å². The smallest absolute Gasteiger partial charge is 0.131 e. The number of aliphatic imine (C=N–C) groups is 1. The molecule has 0 aromatic heterocycles. The lowest BCUT2D eigenvalue weighted by molar-refractivity contribution is -0.116. The zero-order chi connectivity index (χ0) is 24.5. The normalized spacial score (nSPS) is 10.9. The number of anilines is 1. The van der Waals surface area contributed by atoms with Crippen molar-refractivity contribution >= 4 is 23.4 Å². The molecule has 0 N–H and O–H groups in total. The number of carbonyl (C=O) groups is 1. The first-order valence-electron chi connectivity index (χ1n) is 12.7. The molecule has 0 aliphatic rings. The van der Waals surface area contributed by atoms with Crippen LogP contribution in [0.4, 0.5) is 11.4 Å². The van der Waals surface area contributed by atoms with Gasteiger partial charge in [0.15, 0.2) is 0 Å². The van der Waals surface area contributed by atoms with E-state index >= 15 is 0 Å². The van der Waals surface area contributed by atoms with Gasteiger partial charge in [-0.25, -0.2) is 0 Å². The van der Waals surface area contributed by atoms with Crippen molar-refractivity contribution in [3.8, 4) is 0 Å². The lowest BCUT2D eigenvalue weighted by atomic mass is 10.2. The Hall–Kier alpha value is -2.46. The van der Waals surface area contributed by atoms with E-state index in [9.17, 15) is 4.79 Å². The van der Waals surface area contributed by atoms with Crippen LogP contribution in [0.15, 0.2) is 53.5 Å². The molecule has 182 valence electrons. The van der Waals surface area contributed by atoms with Crippen molar-refractivity contribution in [2.75, 3.05) is 37.6 Å². The van der Waals surface area contributed by atoms with Crippen LogP contribution in [0.25, 0.3) is 0 Å². The van der Waals surface area contributed by atoms with Gasteiger partial charge >= 0.3 is 0 Å². The quantitative estimate of drug-likeness (QED) is 0.288. The first kappa shape index (κ1) is 28.6. The van der Waals surface area contributed by atoms with Gasteiger partial charge in [-0.15, -0.1) is 0 Å². The summed E-state index contributed by atoms with van der Waals surface area (Å²) >= 11 is 0. The Morgan fingerprint density at radius 2 is 1.45 bits per heavy atom. The lowest BCUT2D eigenvalue weighted by Gasteiger charge is -2.27. The summed E-state index contributed by atoms with van der Waals surface area (Å²) in [6, 6.07) is 16.7. The van der Waals surface area contributed by atoms with Crippen LogP contribution in [0.5, 0.6) is 0 Å². The zero-order valence-electron chi connectivity index (χ0n) is 21.8. The first-order chi connectivity index (χ1) is 16.0. The van der Waals surface area contributed by atoms with Crippen molar-refractivity contribution in [1.82, 2.24) is 4.90 Å². The van der Waals surface area contributed by atoms with Crippen LogP contribution in [0.1, 0.15) is 71.4 Å². The Morgan fingerprint density at radius 1 is 0.848 bits per heavy atom. The Bertz CT molecular complexity index is 791. The number of nitrogens with zero attached hydrogens (tertiary/aromatic N) is 3. The molecule has 0 amide bonds. The fourth-order valence-corrected chi connectivity index (χ4v) is 3.67. The van der Waals surface area contributed by atoms with Gasteiger partial charge in [-0.05, 0) is 82.6 Å². The number of benzene rings is 2. The van der Waals surface area contributed by atoms with Gasteiger partial charge in [0, 0.05) is 31.4 Å². The highest BCUT2D eigenvalue weighted by Crippen LogP contribution is 2.21. The lowest BCUT2D eigenvalue weighted by Crippen LogP contribution is -2.32. The third-order valence-corrected chi connectivity index (χ3v) is 5.37. The predicted molar refractivity (Wildman–Crippen MR) is 145 cm³/mol. The summed E-state index contributed by atoms with van der Waals surface area (Å²) in [5, 5.41) is 0. The van der Waals surface area contributed by atoms with E-state index in [0.29, 0.717) is 6.42 Å². The third-order valence-electron chi connectivity index (χ3n) is 5.37. The largest absolute Gasteiger partial charge is 0.371 e. The maximum Gasteiger partial charge on any atom is 0.131 e. The minimum Gasteiger partial charge on any atom is -0.371 e. The molecule has 0 aliphatic carbocycles. The molecule has 0 bridgehead atoms. The molecule has 0 radical (unpaired) electrons. The highest BCUT2D eigenvalue weighted by atomic mass is 16.1. The molecule has 0 unspecified atom stereocenters. The van der Waals surface area contributed by atoms with Crippen LogP contribution in [-0.4, -0.2) is 49.6 Å². The second-order valence-electron chi connectivity index (χ2n) is 8.32. The molecular formula is C29H45N3O. The van der Waals surface area contributed by atoms with Crippen LogP contribution in [-0.2, 0) is 4.79 Å². The van der Waals surface area contributed by atoms with Gasteiger partial charge in [0.1, 0.15) is 5.78 Å². The molecule has 2 rings (SSSR count). The summed E-state index contributed by atoms with van der Waals surface area (Å²) in [7, 11) is 0. The molecule has 0 spiro atoms. The minimum absolute atomic E-state index is 0.239. The van der Waals surface area contributed by atoms with E-state index in [0.717, 1.165) is 56.1 Å². The monoisotopic (exact) mass is 451 g/mol. The van der Waals surface area contributed by atoms with E-state index in [2.05, 4.69) is 84.1 Å². The van der Waals surface area contributed by atoms with Gasteiger partial charge in [0.25, 0.3) is 0 Å². The topological polar surface area (TPSA) is 35.9 Å². The SMILES string of the molecule is CC.CCCN(CCC)CCCN(CCC(C)=O)c1ccc(N=Cc2ccc(C)cc2)cc1. The summed E-state index contributed by atoms with van der Waals surface area (Å²) in [5.74, 6) is 0.239. The van der Waals surface area contributed by atoms with Gasteiger partial charge in [-0.1, -0.05) is 57.5 Å². The fourth-order valence-electron chi connectivity index (χ4n) is 3.67. The third kappa shape index (κ3) is 11.8. The predicted octanol–water partition coefficient (Wildman–Crippen LogP) is 7.07. The van der Waals surface area contributed by atoms with Crippen LogP contribution in [0, 0.1) is 6.92 Å². The molecule has 2 aromatic carbocycles. The highest BCUT2D eigenvalue weighted by molar-refractivity contribution is 5.82. The fraction of sp³-hybridized carbons (Fsp3) is 0.517.